The molecule has 0 aliphatic heterocycles. The van der Waals surface area contributed by atoms with Crippen LogP contribution >= 0.6 is 0 Å². The van der Waals surface area contributed by atoms with E-state index in [0.717, 1.165) is 0 Å². The van der Waals surface area contributed by atoms with Crippen LogP contribution in [0.1, 0.15) is 5.56 Å². The number of benzene rings is 2. The molecule has 1 heterocycles. The van der Waals surface area contributed by atoms with Crippen molar-refractivity contribution in [1.29, 1.82) is 0 Å². The highest BCUT2D eigenvalue weighted by Gasteiger charge is 2.14. The first-order valence-corrected chi connectivity index (χ1v) is 7.84. The molecule has 2 N–H and O–H groups in total. The minimum Gasteiger partial charge on any atom is -0.508 e. The summed E-state index contributed by atoms with van der Waals surface area (Å²) in [6.45, 7) is 0.248. The van der Waals surface area contributed by atoms with E-state index in [0.29, 0.717) is 39.5 Å². The van der Waals surface area contributed by atoms with Crippen molar-refractivity contribution in [2.24, 2.45) is 0 Å². The summed E-state index contributed by atoms with van der Waals surface area (Å²) in [4.78, 5) is 12.6. The molecule has 1 aromatic heterocycles. The number of rotatable bonds is 6. The van der Waals surface area contributed by atoms with Gasteiger partial charge in [0.05, 0.1) is 38.5 Å². The summed E-state index contributed by atoms with van der Waals surface area (Å²) in [6, 6.07) is 7.91. The van der Waals surface area contributed by atoms with Crippen LogP contribution in [-0.4, -0.2) is 26.4 Å². The molecule has 0 bridgehead atoms. The van der Waals surface area contributed by atoms with Gasteiger partial charge in [-0.15, -0.1) is 0 Å². The third-order valence-corrected chi connectivity index (χ3v) is 3.98. The van der Waals surface area contributed by atoms with Crippen molar-refractivity contribution >= 4 is 16.7 Å². The van der Waals surface area contributed by atoms with Crippen molar-refractivity contribution in [2.75, 3.05) is 26.6 Å². The Morgan fingerprint density at radius 3 is 2.35 bits per heavy atom. The van der Waals surface area contributed by atoms with Crippen LogP contribution in [0, 0.1) is 0 Å². The van der Waals surface area contributed by atoms with Crippen molar-refractivity contribution in [1.82, 2.24) is 0 Å². The largest absolute Gasteiger partial charge is 0.508 e. The van der Waals surface area contributed by atoms with Gasteiger partial charge >= 0.3 is 0 Å². The number of aromatic hydroxyl groups is 1. The van der Waals surface area contributed by atoms with E-state index in [9.17, 15) is 9.90 Å². The Morgan fingerprint density at radius 1 is 1.04 bits per heavy atom. The second kappa shape index (κ2) is 7.26. The summed E-state index contributed by atoms with van der Waals surface area (Å²) in [5.41, 5.74) is 1.33. The number of hydrogen-bond donors (Lipinski definition) is 2. The Bertz CT molecular complexity index is 970. The maximum absolute atomic E-state index is 12.6. The molecule has 0 aliphatic carbocycles. The van der Waals surface area contributed by atoms with Crippen molar-refractivity contribution in [3.05, 3.63) is 52.4 Å². The highest BCUT2D eigenvalue weighted by atomic mass is 16.5. The number of phenols is 1. The van der Waals surface area contributed by atoms with Gasteiger partial charge in [-0.05, 0) is 12.1 Å². The predicted molar refractivity (Wildman–Crippen MR) is 97.6 cm³/mol. The number of hydrogen-bond acceptors (Lipinski definition) is 7. The lowest BCUT2D eigenvalue weighted by Gasteiger charge is -2.15. The number of methoxy groups -OCH3 is 3. The molecule has 0 unspecified atom stereocenters. The standard InChI is InChI=1S/C19H19NO6/c1-23-16-6-12(7-17(24-2)19(16)25-3)20-9-11-10-26-15-8-13(21)4-5-14(15)18(11)22/h4-8,10,20-21H,9H2,1-3H3. The van der Waals surface area contributed by atoms with Gasteiger partial charge in [-0.1, -0.05) is 0 Å². The van der Waals surface area contributed by atoms with Crippen LogP contribution < -0.4 is 25.0 Å². The van der Waals surface area contributed by atoms with E-state index in [1.807, 2.05) is 0 Å². The molecule has 0 spiro atoms. The van der Waals surface area contributed by atoms with Crippen LogP contribution in [0.4, 0.5) is 5.69 Å². The van der Waals surface area contributed by atoms with Crippen LogP contribution in [0.2, 0.25) is 0 Å². The average Bonchev–Trinajstić information content (AvgIpc) is 2.66. The molecular formula is C19H19NO6. The fourth-order valence-electron chi connectivity index (χ4n) is 2.66. The van der Waals surface area contributed by atoms with E-state index >= 15 is 0 Å². The Morgan fingerprint density at radius 2 is 1.73 bits per heavy atom. The van der Waals surface area contributed by atoms with Crippen LogP contribution in [0.3, 0.4) is 0 Å². The molecule has 7 nitrogen and oxygen atoms in total. The van der Waals surface area contributed by atoms with Crippen LogP contribution in [0.25, 0.3) is 11.0 Å². The quantitative estimate of drug-likeness (QED) is 0.700. The van der Waals surface area contributed by atoms with E-state index in [-0.39, 0.29) is 17.7 Å². The van der Waals surface area contributed by atoms with Crippen LogP contribution in [-0.2, 0) is 6.54 Å². The highest BCUT2D eigenvalue weighted by molar-refractivity contribution is 5.78. The smallest absolute Gasteiger partial charge is 0.203 e. The van der Waals surface area contributed by atoms with E-state index in [4.69, 9.17) is 18.6 Å². The molecule has 0 fully saturated rings. The van der Waals surface area contributed by atoms with Gasteiger partial charge in [-0.2, -0.15) is 0 Å². The minimum atomic E-state index is -0.161. The molecular weight excluding hydrogens is 338 g/mol. The maximum atomic E-state index is 12.6. The number of anilines is 1. The zero-order chi connectivity index (χ0) is 18.7. The normalized spacial score (nSPS) is 10.6. The third kappa shape index (κ3) is 3.23. The van der Waals surface area contributed by atoms with Crippen molar-refractivity contribution in [3.63, 3.8) is 0 Å². The fraction of sp³-hybridized carbons (Fsp3) is 0.211. The number of fused-ring (bicyclic) bond motifs is 1. The van der Waals surface area contributed by atoms with Gasteiger partial charge in [0, 0.05) is 30.4 Å². The summed E-state index contributed by atoms with van der Waals surface area (Å²) in [6.07, 6.45) is 1.38. The van der Waals surface area contributed by atoms with Gasteiger partial charge in [-0.3, -0.25) is 4.79 Å². The maximum Gasteiger partial charge on any atom is 0.203 e. The number of ether oxygens (including phenoxy) is 3. The molecule has 2 aromatic carbocycles. The molecule has 0 atom stereocenters. The zero-order valence-electron chi connectivity index (χ0n) is 14.7. The van der Waals surface area contributed by atoms with Gasteiger partial charge in [0.25, 0.3) is 0 Å². The van der Waals surface area contributed by atoms with Gasteiger partial charge < -0.3 is 29.1 Å². The first kappa shape index (κ1) is 17.5. The Hall–Kier alpha value is -3.35. The molecule has 3 rings (SSSR count). The summed E-state index contributed by atoms with van der Waals surface area (Å²) in [7, 11) is 4.61. The lowest BCUT2D eigenvalue weighted by Crippen LogP contribution is -2.13. The van der Waals surface area contributed by atoms with Gasteiger partial charge in [0.15, 0.2) is 16.9 Å². The third-order valence-electron chi connectivity index (χ3n) is 3.98. The van der Waals surface area contributed by atoms with E-state index in [1.165, 1.54) is 39.7 Å². The number of phenolic OH excluding ortho intramolecular Hbond substituents is 1. The Balaban J connectivity index is 1.89. The first-order valence-electron chi connectivity index (χ1n) is 7.84. The molecule has 7 heteroatoms. The molecule has 136 valence electrons. The summed E-state index contributed by atoms with van der Waals surface area (Å²) >= 11 is 0. The summed E-state index contributed by atoms with van der Waals surface area (Å²) in [5, 5.41) is 13.0. The van der Waals surface area contributed by atoms with E-state index < -0.39 is 0 Å². The van der Waals surface area contributed by atoms with Crippen molar-refractivity contribution in [3.8, 4) is 23.0 Å². The molecule has 0 radical (unpaired) electrons. The van der Waals surface area contributed by atoms with Crippen LogP contribution in [0.15, 0.2) is 45.8 Å². The SMILES string of the molecule is COc1cc(NCc2coc3cc(O)ccc3c2=O)cc(OC)c1OC. The molecule has 0 saturated heterocycles. The van der Waals surface area contributed by atoms with Crippen molar-refractivity contribution in [2.45, 2.75) is 6.54 Å². The monoisotopic (exact) mass is 357 g/mol. The van der Waals surface area contributed by atoms with Crippen LogP contribution in [0.5, 0.6) is 23.0 Å². The predicted octanol–water partition coefficient (Wildman–Crippen LogP) is 3.14. The lowest BCUT2D eigenvalue weighted by molar-refractivity contribution is 0.324. The first-order chi connectivity index (χ1) is 12.6. The van der Waals surface area contributed by atoms with Gasteiger partial charge in [0.1, 0.15) is 11.3 Å². The number of nitrogens with one attached hydrogen (secondary N) is 1. The molecule has 26 heavy (non-hydrogen) atoms. The van der Waals surface area contributed by atoms with Gasteiger partial charge in [0.2, 0.25) is 5.75 Å². The van der Waals surface area contributed by atoms with E-state index in [1.54, 1.807) is 18.2 Å². The van der Waals surface area contributed by atoms with Crippen molar-refractivity contribution < 1.29 is 23.7 Å². The van der Waals surface area contributed by atoms with E-state index in [2.05, 4.69) is 5.32 Å². The summed E-state index contributed by atoms with van der Waals surface area (Å²) < 4.78 is 21.4. The molecule has 0 amide bonds. The second-order valence-electron chi connectivity index (χ2n) is 5.54. The molecule has 0 saturated carbocycles. The highest BCUT2D eigenvalue weighted by Crippen LogP contribution is 2.40. The topological polar surface area (TPSA) is 90.2 Å². The zero-order valence-corrected chi connectivity index (χ0v) is 14.7. The Labute approximate surface area is 149 Å². The molecule has 3 aromatic rings. The lowest BCUT2D eigenvalue weighted by atomic mass is 10.1. The minimum absolute atomic E-state index is 0.0453. The molecule has 0 aliphatic rings. The average molecular weight is 357 g/mol. The summed E-state index contributed by atoms with van der Waals surface area (Å²) in [5.74, 6) is 1.56. The Kier molecular flexibility index (Phi) is 4.88. The fourth-order valence-corrected chi connectivity index (χ4v) is 2.66. The van der Waals surface area contributed by atoms with Gasteiger partial charge in [-0.25, -0.2) is 0 Å². The second-order valence-corrected chi connectivity index (χ2v) is 5.54.